The summed E-state index contributed by atoms with van der Waals surface area (Å²) < 4.78 is 5.23. The molecule has 2 aromatic rings. The number of nitrogens with zero attached hydrogens (tertiary/aromatic N) is 2. The number of thiophene rings is 1. The lowest BCUT2D eigenvalue weighted by molar-refractivity contribution is -0.136. The van der Waals surface area contributed by atoms with Gasteiger partial charge in [-0.15, -0.1) is 16.5 Å². The predicted molar refractivity (Wildman–Crippen MR) is 91.6 cm³/mol. The second-order valence-electron chi connectivity index (χ2n) is 4.46. The summed E-state index contributed by atoms with van der Waals surface area (Å²) in [5, 5.41) is 18.0. The molecule has 0 saturated heterocycles. The van der Waals surface area contributed by atoms with Crippen molar-refractivity contribution in [3.05, 3.63) is 55.8 Å². The third kappa shape index (κ3) is 4.31. The van der Waals surface area contributed by atoms with Crippen LogP contribution in [0.15, 0.2) is 46.3 Å². The van der Waals surface area contributed by atoms with Crippen LogP contribution < -0.4 is 0 Å². The molecule has 0 saturated carbocycles. The number of ether oxygens (including phenoxy) is 1. The maximum atomic E-state index is 11.9. The summed E-state index contributed by atoms with van der Waals surface area (Å²) in [7, 11) is 1.18. The highest BCUT2D eigenvalue weighted by atomic mass is 35.5. The number of azo groups is 1. The Balaban J connectivity index is 2.44. The first-order chi connectivity index (χ1) is 10.9. The zero-order valence-corrected chi connectivity index (χ0v) is 14.5. The van der Waals surface area contributed by atoms with Crippen LogP contribution >= 0.6 is 34.5 Å². The van der Waals surface area contributed by atoms with Gasteiger partial charge in [0.15, 0.2) is 5.76 Å². The van der Waals surface area contributed by atoms with Crippen LogP contribution in [-0.2, 0) is 9.53 Å². The van der Waals surface area contributed by atoms with Crippen molar-refractivity contribution in [2.75, 3.05) is 7.11 Å². The van der Waals surface area contributed by atoms with Gasteiger partial charge in [0.25, 0.3) is 0 Å². The largest absolute Gasteiger partial charge is 0.505 e. The summed E-state index contributed by atoms with van der Waals surface area (Å²) in [5.41, 5.74) is 1.43. The van der Waals surface area contributed by atoms with Gasteiger partial charge >= 0.3 is 5.97 Å². The van der Waals surface area contributed by atoms with Crippen molar-refractivity contribution in [1.29, 1.82) is 0 Å². The zero-order chi connectivity index (χ0) is 17.0. The third-order valence-corrected chi connectivity index (χ3v) is 4.30. The number of aliphatic hydroxyl groups excluding tert-OH is 1. The number of esters is 1. The van der Waals surface area contributed by atoms with Crippen LogP contribution in [0.3, 0.4) is 0 Å². The molecule has 120 valence electrons. The van der Waals surface area contributed by atoms with Gasteiger partial charge in [-0.3, -0.25) is 0 Å². The molecule has 2 rings (SSSR count). The van der Waals surface area contributed by atoms with E-state index in [0.29, 0.717) is 10.0 Å². The summed E-state index contributed by atoms with van der Waals surface area (Å²) in [5.74, 6) is -1.28. The minimum absolute atomic E-state index is 0.199. The van der Waals surface area contributed by atoms with Crippen LogP contribution in [0.2, 0.25) is 8.67 Å². The number of benzene rings is 1. The molecule has 0 spiro atoms. The van der Waals surface area contributed by atoms with Crippen LogP contribution in [0.25, 0.3) is 5.76 Å². The zero-order valence-electron chi connectivity index (χ0n) is 12.2. The highest BCUT2D eigenvalue weighted by Crippen LogP contribution is 2.36. The van der Waals surface area contributed by atoms with Crippen LogP contribution in [0.5, 0.6) is 0 Å². The monoisotopic (exact) mass is 370 g/mol. The van der Waals surface area contributed by atoms with Crippen molar-refractivity contribution in [3.8, 4) is 0 Å². The molecule has 0 fully saturated rings. The molecule has 1 aromatic carbocycles. The number of halogens is 2. The molecule has 0 amide bonds. The highest BCUT2D eigenvalue weighted by Gasteiger charge is 2.21. The summed E-state index contributed by atoms with van der Waals surface area (Å²) in [6.45, 7) is 1.94. The first-order valence-electron chi connectivity index (χ1n) is 6.37. The van der Waals surface area contributed by atoms with E-state index in [0.717, 1.165) is 16.9 Å². The van der Waals surface area contributed by atoms with Crippen molar-refractivity contribution >= 4 is 52.0 Å². The van der Waals surface area contributed by atoms with E-state index in [-0.39, 0.29) is 15.6 Å². The molecular formula is C15H12Cl2N2O3S. The van der Waals surface area contributed by atoms with Crippen molar-refractivity contribution in [2.24, 2.45) is 10.2 Å². The van der Waals surface area contributed by atoms with Crippen molar-refractivity contribution < 1.29 is 14.6 Å². The second kappa shape index (κ2) is 7.59. The first-order valence-corrected chi connectivity index (χ1v) is 7.94. The first kappa shape index (κ1) is 17.5. The Hall–Kier alpha value is -1.89. The van der Waals surface area contributed by atoms with Crippen molar-refractivity contribution in [2.45, 2.75) is 6.92 Å². The molecule has 0 unspecified atom stereocenters. The molecule has 0 aliphatic heterocycles. The summed E-state index contributed by atoms with van der Waals surface area (Å²) in [4.78, 5) is 11.9. The average Bonchev–Trinajstić information content (AvgIpc) is 2.87. The molecule has 0 bridgehead atoms. The van der Waals surface area contributed by atoms with E-state index in [1.165, 1.54) is 13.2 Å². The molecule has 0 aliphatic rings. The van der Waals surface area contributed by atoms with E-state index in [9.17, 15) is 9.90 Å². The number of hydrogen-bond donors (Lipinski definition) is 1. The van der Waals surface area contributed by atoms with Crippen molar-refractivity contribution in [1.82, 2.24) is 0 Å². The maximum Gasteiger partial charge on any atom is 0.362 e. The van der Waals surface area contributed by atoms with Crippen LogP contribution in [0.1, 0.15) is 11.1 Å². The van der Waals surface area contributed by atoms with Gasteiger partial charge < -0.3 is 9.84 Å². The van der Waals surface area contributed by atoms with Gasteiger partial charge in [0.2, 0.25) is 5.70 Å². The van der Waals surface area contributed by atoms with E-state index in [4.69, 9.17) is 23.2 Å². The fourth-order valence-corrected chi connectivity index (χ4v) is 3.10. The van der Waals surface area contributed by atoms with Gasteiger partial charge in [0.05, 0.1) is 22.7 Å². The number of aliphatic hydroxyl groups is 1. The lowest BCUT2D eigenvalue weighted by Crippen LogP contribution is -2.05. The highest BCUT2D eigenvalue weighted by molar-refractivity contribution is 7.20. The smallest absolute Gasteiger partial charge is 0.362 e. The number of methoxy groups -OCH3 is 1. The van der Waals surface area contributed by atoms with Gasteiger partial charge in [-0.1, -0.05) is 40.9 Å². The van der Waals surface area contributed by atoms with E-state index >= 15 is 0 Å². The lowest BCUT2D eigenvalue weighted by Gasteiger charge is -2.03. The van der Waals surface area contributed by atoms with Crippen LogP contribution in [-0.4, -0.2) is 18.2 Å². The molecule has 1 aromatic heterocycles. The standard InChI is InChI=1S/C15H12Cl2N2O3S/c1-8-3-5-9(6-4-8)18-19-12(15(21)22-2)13(20)10-7-11(16)23-14(10)17/h3-7,20H,1-2H3/b13-12+,19-18?. The molecule has 1 heterocycles. The number of carbonyl (C=O) groups is 1. The molecule has 0 radical (unpaired) electrons. The van der Waals surface area contributed by atoms with Crippen molar-refractivity contribution in [3.63, 3.8) is 0 Å². The number of carbonyl (C=O) groups excluding carboxylic acids is 1. The quantitative estimate of drug-likeness (QED) is 0.332. The minimum Gasteiger partial charge on any atom is -0.505 e. The molecule has 1 N–H and O–H groups in total. The van der Waals surface area contributed by atoms with Gasteiger partial charge in [0.1, 0.15) is 4.34 Å². The molecule has 0 atom stereocenters. The molecule has 23 heavy (non-hydrogen) atoms. The Morgan fingerprint density at radius 1 is 1.26 bits per heavy atom. The van der Waals surface area contributed by atoms with Gasteiger partial charge in [-0.25, -0.2) is 4.79 Å². The van der Waals surface area contributed by atoms with Crippen LogP contribution in [0, 0.1) is 6.92 Å². The molecule has 5 nitrogen and oxygen atoms in total. The molecule has 8 heteroatoms. The average molecular weight is 371 g/mol. The number of rotatable bonds is 4. The fourth-order valence-electron chi connectivity index (χ4n) is 1.63. The third-order valence-electron chi connectivity index (χ3n) is 2.81. The normalized spacial score (nSPS) is 12.3. The van der Waals surface area contributed by atoms with E-state index in [2.05, 4.69) is 15.0 Å². The van der Waals surface area contributed by atoms with E-state index < -0.39 is 11.7 Å². The molecule has 0 aliphatic carbocycles. The Morgan fingerprint density at radius 3 is 2.43 bits per heavy atom. The van der Waals surface area contributed by atoms with Gasteiger partial charge in [0, 0.05) is 0 Å². The predicted octanol–water partition coefficient (Wildman–Crippen LogP) is 5.55. The number of aryl methyl sites for hydroxylation is 1. The maximum absolute atomic E-state index is 11.9. The van der Waals surface area contributed by atoms with Crippen LogP contribution in [0.4, 0.5) is 5.69 Å². The Morgan fingerprint density at radius 2 is 1.91 bits per heavy atom. The summed E-state index contributed by atoms with van der Waals surface area (Å²) in [6, 6.07) is 8.61. The van der Waals surface area contributed by atoms with E-state index in [1.807, 2.05) is 19.1 Å². The second-order valence-corrected chi connectivity index (χ2v) is 6.75. The summed E-state index contributed by atoms with van der Waals surface area (Å²) in [6.07, 6.45) is 0. The van der Waals surface area contributed by atoms with Gasteiger partial charge in [-0.2, -0.15) is 5.11 Å². The minimum atomic E-state index is -0.836. The van der Waals surface area contributed by atoms with Gasteiger partial charge in [-0.05, 0) is 25.1 Å². The number of hydrogen-bond acceptors (Lipinski definition) is 6. The Bertz CT molecular complexity index is 783. The summed E-state index contributed by atoms with van der Waals surface area (Å²) >= 11 is 12.9. The fraction of sp³-hybridized carbons (Fsp3) is 0.133. The Labute approximate surface area is 146 Å². The lowest BCUT2D eigenvalue weighted by atomic mass is 10.2. The van der Waals surface area contributed by atoms with E-state index in [1.54, 1.807) is 12.1 Å². The topological polar surface area (TPSA) is 71.2 Å². The Kier molecular flexibility index (Phi) is 5.76. The SMILES string of the molecule is COC(=O)/C(N=Nc1ccc(C)cc1)=C(\O)c1cc(Cl)sc1Cl. The molecular weight excluding hydrogens is 359 g/mol.